The summed E-state index contributed by atoms with van der Waals surface area (Å²) in [5.41, 5.74) is 2.53. The van der Waals surface area contributed by atoms with Crippen LogP contribution in [0.5, 0.6) is 0 Å². The number of aromatic nitrogens is 1. The smallest absolute Gasteiger partial charge is 0.164 e. The van der Waals surface area contributed by atoms with E-state index >= 15 is 0 Å². The first-order valence-electron chi connectivity index (χ1n) is 6.20. The van der Waals surface area contributed by atoms with Crippen molar-refractivity contribution in [3.63, 3.8) is 0 Å². The molecule has 1 heterocycles. The van der Waals surface area contributed by atoms with Crippen LogP contribution in [0.4, 0.5) is 4.39 Å². The summed E-state index contributed by atoms with van der Waals surface area (Å²) in [6.45, 7) is 0.495. The lowest BCUT2D eigenvalue weighted by Crippen LogP contribution is -2.13. The normalized spacial score (nSPS) is 14.6. The number of rotatable bonds is 2. The number of hydrogen-bond acceptors (Lipinski definition) is 1. The SMILES string of the molecule is O=C1CCCc2c1ccn2Cc1ccccc1F. The zero-order valence-electron chi connectivity index (χ0n) is 10.0. The molecule has 1 aromatic heterocycles. The van der Waals surface area contributed by atoms with Gasteiger partial charge in [-0.3, -0.25) is 4.79 Å². The predicted octanol–water partition coefficient (Wildman–Crippen LogP) is 3.19. The maximum Gasteiger partial charge on any atom is 0.164 e. The molecule has 0 aliphatic heterocycles. The number of halogens is 1. The van der Waals surface area contributed by atoms with E-state index in [0.29, 0.717) is 18.5 Å². The Morgan fingerprint density at radius 1 is 1.17 bits per heavy atom. The van der Waals surface area contributed by atoms with E-state index in [0.717, 1.165) is 24.1 Å². The number of carbonyl (C=O) groups excluding carboxylic acids is 1. The van der Waals surface area contributed by atoms with E-state index in [-0.39, 0.29) is 11.6 Å². The molecule has 3 heteroatoms. The maximum atomic E-state index is 13.6. The van der Waals surface area contributed by atoms with Crippen molar-refractivity contribution in [2.45, 2.75) is 25.8 Å². The first-order valence-corrected chi connectivity index (χ1v) is 6.20. The molecule has 0 saturated heterocycles. The van der Waals surface area contributed by atoms with Gasteiger partial charge in [-0.2, -0.15) is 0 Å². The molecule has 0 unspecified atom stereocenters. The number of hydrogen-bond donors (Lipinski definition) is 0. The van der Waals surface area contributed by atoms with Crippen LogP contribution in [0.2, 0.25) is 0 Å². The number of carbonyl (C=O) groups is 1. The summed E-state index contributed by atoms with van der Waals surface area (Å²) in [6.07, 6.45) is 4.33. The summed E-state index contributed by atoms with van der Waals surface area (Å²) in [5.74, 6) is 0.0191. The van der Waals surface area contributed by atoms with E-state index in [4.69, 9.17) is 0 Å². The fourth-order valence-electron chi connectivity index (χ4n) is 2.55. The van der Waals surface area contributed by atoms with Crippen molar-refractivity contribution in [3.8, 4) is 0 Å². The van der Waals surface area contributed by atoms with Gasteiger partial charge in [0, 0.05) is 29.4 Å². The minimum atomic E-state index is -0.193. The Morgan fingerprint density at radius 2 is 2.00 bits per heavy atom. The Balaban J connectivity index is 1.95. The molecule has 18 heavy (non-hydrogen) atoms. The lowest BCUT2D eigenvalue weighted by Gasteiger charge is -2.15. The Labute approximate surface area is 105 Å². The molecule has 0 fully saturated rings. The summed E-state index contributed by atoms with van der Waals surface area (Å²) in [4.78, 5) is 11.7. The minimum Gasteiger partial charge on any atom is -0.346 e. The van der Waals surface area contributed by atoms with Crippen LogP contribution in [0.3, 0.4) is 0 Å². The lowest BCUT2D eigenvalue weighted by atomic mass is 9.97. The molecule has 0 radical (unpaired) electrons. The molecule has 2 aromatic rings. The van der Waals surface area contributed by atoms with Gasteiger partial charge in [0.2, 0.25) is 0 Å². The van der Waals surface area contributed by atoms with E-state index < -0.39 is 0 Å². The van der Waals surface area contributed by atoms with Gasteiger partial charge in [0.1, 0.15) is 5.82 Å². The molecular weight excluding hydrogens is 229 g/mol. The zero-order chi connectivity index (χ0) is 12.5. The van der Waals surface area contributed by atoms with Crippen molar-refractivity contribution in [2.75, 3.05) is 0 Å². The zero-order valence-corrected chi connectivity index (χ0v) is 10.0. The quantitative estimate of drug-likeness (QED) is 0.794. The second-order valence-corrected chi connectivity index (χ2v) is 4.67. The Hall–Kier alpha value is -1.90. The third-order valence-electron chi connectivity index (χ3n) is 3.50. The summed E-state index contributed by atoms with van der Waals surface area (Å²) in [6, 6.07) is 8.63. The molecule has 0 amide bonds. The summed E-state index contributed by atoms with van der Waals surface area (Å²) in [5, 5.41) is 0. The van der Waals surface area contributed by atoms with Gasteiger partial charge in [-0.15, -0.1) is 0 Å². The van der Waals surface area contributed by atoms with Crippen LogP contribution in [-0.4, -0.2) is 10.4 Å². The highest BCUT2D eigenvalue weighted by Gasteiger charge is 2.20. The van der Waals surface area contributed by atoms with Crippen molar-refractivity contribution in [1.29, 1.82) is 0 Å². The van der Waals surface area contributed by atoms with Gasteiger partial charge in [0.15, 0.2) is 5.78 Å². The molecule has 0 atom stereocenters. The summed E-state index contributed by atoms with van der Waals surface area (Å²) >= 11 is 0. The molecule has 1 aliphatic rings. The molecule has 92 valence electrons. The molecule has 0 N–H and O–H groups in total. The van der Waals surface area contributed by atoms with Crippen LogP contribution >= 0.6 is 0 Å². The molecule has 2 nitrogen and oxygen atoms in total. The van der Waals surface area contributed by atoms with Gasteiger partial charge < -0.3 is 4.57 Å². The Bertz CT molecular complexity index is 600. The molecule has 0 saturated carbocycles. The largest absolute Gasteiger partial charge is 0.346 e. The van der Waals surface area contributed by atoms with Gasteiger partial charge in [-0.1, -0.05) is 18.2 Å². The standard InChI is InChI=1S/C15H14FNO/c16-13-5-2-1-4-11(13)10-17-9-8-12-14(17)6-3-7-15(12)18/h1-2,4-5,8-9H,3,6-7,10H2. The van der Waals surface area contributed by atoms with Crippen molar-refractivity contribution in [1.82, 2.24) is 4.57 Å². The molecule has 0 spiro atoms. The van der Waals surface area contributed by atoms with Gasteiger partial charge in [0.05, 0.1) is 6.54 Å². The third-order valence-corrected chi connectivity index (χ3v) is 3.50. The highest BCUT2D eigenvalue weighted by atomic mass is 19.1. The van der Waals surface area contributed by atoms with Gasteiger partial charge in [0.25, 0.3) is 0 Å². The van der Waals surface area contributed by atoms with Crippen molar-refractivity contribution in [3.05, 3.63) is 59.2 Å². The Kier molecular flexibility index (Phi) is 2.74. The first kappa shape index (κ1) is 11.2. The monoisotopic (exact) mass is 243 g/mol. The second-order valence-electron chi connectivity index (χ2n) is 4.67. The highest BCUT2D eigenvalue weighted by molar-refractivity contribution is 5.98. The predicted molar refractivity (Wildman–Crippen MR) is 67.2 cm³/mol. The van der Waals surface area contributed by atoms with Crippen LogP contribution < -0.4 is 0 Å². The van der Waals surface area contributed by atoms with Crippen molar-refractivity contribution >= 4 is 5.78 Å². The number of benzene rings is 1. The molecule has 1 aromatic carbocycles. The number of Topliss-reactive ketones (excluding diaryl/α,β-unsaturated/α-hetero) is 1. The minimum absolute atomic E-state index is 0.193. The molecule has 1 aliphatic carbocycles. The molecule has 0 bridgehead atoms. The van der Waals surface area contributed by atoms with Gasteiger partial charge in [-0.05, 0) is 25.0 Å². The van der Waals surface area contributed by atoms with Crippen LogP contribution in [0.15, 0.2) is 36.5 Å². The van der Waals surface area contributed by atoms with E-state index in [1.165, 1.54) is 6.07 Å². The fraction of sp³-hybridized carbons (Fsp3) is 0.267. The first-order chi connectivity index (χ1) is 8.75. The Morgan fingerprint density at radius 3 is 2.83 bits per heavy atom. The second kappa shape index (κ2) is 4.41. The van der Waals surface area contributed by atoms with Crippen LogP contribution in [0.1, 0.15) is 34.5 Å². The number of nitrogens with zero attached hydrogens (tertiary/aromatic N) is 1. The average molecular weight is 243 g/mol. The molecule has 3 rings (SSSR count). The van der Waals surface area contributed by atoms with Crippen molar-refractivity contribution in [2.24, 2.45) is 0 Å². The van der Waals surface area contributed by atoms with E-state index in [1.807, 2.05) is 22.9 Å². The van der Waals surface area contributed by atoms with Crippen LogP contribution in [0.25, 0.3) is 0 Å². The highest BCUT2D eigenvalue weighted by Crippen LogP contribution is 2.23. The number of ketones is 1. The summed E-state index contributed by atoms with van der Waals surface area (Å²) in [7, 11) is 0. The molecular formula is C15H14FNO. The van der Waals surface area contributed by atoms with Gasteiger partial charge in [-0.25, -0.2) is 4.39 Å². The third kappa shape index (κ3) is 1.86. The maximum absolute atomic E-state index is 13.6. The topological polar surface area (TPSA) is 22.0 Å². The van der Waals surface area contributed by atoms with Crippen LogP contribution in [0, 0.1) is 5.82 Å². The van der Waals surface area contributed by atoms with E-state index in [9.17, 15) is 9.18 Å². The van der Waals surface area contributed by atoms with E-state index in [2.05, 4.69) is 0 Å². The van der Waals surface area contributed by atoms with E-state index in [1.54, 1.807) is 12.1 Å². The van der Waals surface area contributed by atoms with Crippen LogP contribution in [-0.2, 0) is 13.0 Å². The number of fused-ring (bicyclic) bond motifs is 1. The van der Waals surface area contributed by atoms with Crippen molar-refractivity contribution < 1.29 is 9.18 Å². The average Bonchev–Trinajstić information content (AvgIpc) is 2.77. The fourth-order valence-corrected chi connectivity index (χ4v) is 2.55. The lowest BCUT2D eigenvalue weighted by molar-refractivity contribution is 0.0972. The summed E-state index contributed by atoms with van der Waals surface area (Å²) < 4.78 is 15.6. The van der Waals surface area contributed by atoms with Gasteiger partial charge >= 0.3 is 0 Å².